The van der Waals surface area contributed by atoms with E-state index in [-0.39, 0.29) is 5.41 Å². The fourth-order valence-corrected chi connectivity index (χ4v) is 3.36. The van der Waals surface area contributed by atoms with Crippen molar-refractivity contribution in [2.75, 3.05) is 12.9 Å². The molecule has 0 aliphatic heterocycles. The van der Waals surface area contributed by atoms with Gasteiger partial charge in [0.1, 0.15) is 0 Å². The first-order chi connectivity index (χ1) is 6.83. The van der Waals surface area contributed by atoms with E-state index in [2.05, 4.69) is 6.92 Å². The Hall–Kier alpha value is -0.0900. The predicted molar refractivity (Wildman–Crippen MR) is 59.0 cm³/mol. The Kier molecular flexibility index (Phi) is 2.62. The van der Waals surface area contributed by atoms with Crippen LogP contribution in [-0.4, -0.2) is 21.3 Å². The average Bonchev–Trinajstić information content (AvgIpc) is 2.16. The first kappa shape index (κ1) is 11.4. The van der Waals surface area contributed by atoms with E-state index in [9.17, 15) is 8.42 Å². The van der Waals surface area contributed by atoms with E-state index in [1.165, 1.54) is 19.3 Å². The van der Waals surface area contributed by atoms with E-state index < -0.39 is 10.1 Å². The molecule has 0 aromatic carbocycles. The van der Waals surface area contributed by atoms with Gasteiger partial charge in [0, 0.05) is 0 Å². The van der Waals surface area contributed by atoms with Crippen LogP contribution >= 0.6 is 0 Å². The molecule has 3 aliphatic rings. The zero-order valence-electron chi connectivity index (χ0n) is 9.58. The Bertz CT molecular complexity index is 320. The Morgan fingerprint density at radius 2 is 1.53 bits per heavy atom. The van der Waals surface area contributed by atoms with Gasteiger partial charge in [-0.1, -0.05) is 6.92 Å². The highest BCUT2D eigenvalue weighted by Gasteiger charge is 2.46. The van der Waals surface area contributed by atoms with Crippen LogP contribution in [0.4, 0.5) is 0 Å². The van der Waals surface area contributed by atoms with E-state index in [0.29, 0.717) is 12.0 Å². The maximum atomic E-state index is 11.0. The normalized spacial score (nSPS) is 40.7. The molecule has 0 amide bonds. The second-order valence-electron chi connectivity index (χ2n) is 5.78. The fraction of sp³-hybridized carbons (Fsp3) is 1.00. The van der Waals surface area contributed by atoms with Crippen molar-refractivity contribution in [2.45, 2.75) is 45.4 Å². The quantitative estimate of drug-likeness (QED) is 0.701. The summed E-state index contributed by atoms with van der Waals surface area (Å²) < 4.78 is 27.0. The summed E-state index contributed by atoms with van der Waals surface area (Å²) in [5.74, 6) is 0. The molecule has 4 heteroatoms. The van der Waals surface area contributed by atoms with Gasteiger partial charge in [-0.2, -0.15) is 8.42 Å². The highest BCUT2D eigenvalue weighted by molar-refractivity contribution is 7.85. The Morgan fingerprint density at radius 3 is 1.93 bits per heavy atom. The minimum atomic E-state index is -3.27. The third kappa shape index (κ3) is 2.53. The minimum absolute atomic E-state index is 0.167. The van der Waals surface area contributed by atoms with Crippen molar-refractivity contribution in [1.82, 2.24) is 0 Å². The Morgan fingerprint density at radius 1 is 1.07 bits per heavy atom. The van der Waals surface area contributed by atoms with Crippen molar-refractivity contribution in [3.05, 3.63) is 0 Å². The Balaban J connectivity index is 1.98. The molecular formula is C11H20O3S. The van der Waals surface area contributed by atoms with E-state index in [1.54, 1.807) is 0 Å². The first-order valence-corrected chi connectivity index (χ1v) is 7.49. The van der Waals surface area contributed by atoms with E-state index >= 15 is 0 Å². The molecule has 15 heavy (non-hydrogen) atoms. The molecule has 0 spiro atoms. The lowest BCUT2D eigenvalue weighted by Crippen LogP contribution is -2.42. The summed E-state index contributed by atoms with van der Waals surface area (Å²) in [7, 11) is -3.27. The second kappa shape index (κ2) is 3.45. The van der Waals surface area contributed by atoms with E-state index in [4.69, 9.17) is 4.18 Å². The van der Waals surface area contributed by atoms with Crippen molar-refractivity contribution < 1.29 is 12.6 Å². The van der Waals surface area contributed by atoms with Gasteiger partial charge in [0.25, 0.3) is 10.1 Å². The number of rotatable bonds is 3. The van der Waals surface area contributed by atoms with Crippen LogP contribution in [0.15, 0.2) is 0 Å². The van der Waals surface area contributed by atoms with Gasteiger partial charge in [-0.3, -0.25) is 4.18 Å². The van der Waals surface area contributed by atoms with Crippen molar-refractivity contribution in [3.63, 3.8) is 0 Å². The largest absolute Gasteiger partial charge is 0.270 e. The molecule has 0 aromatic rings. The monoisotopic (exact) mass is 232 g/mol. The summed E-state index contributed by atoms with van der Waals surface area (Å²) in [6.07, 6.45) is 8.26. The van der Waals surface area contributed by atoms with Crippen LogP contribution in [0, 0.1) is 10.8 Å². The average molecular weight is 232 g/mol. The molecule has 0 N–H and O–H groups in total. The molecule has 0 saturated heterocycles. The third-order valence-electron chi connectivity index (χ3n) is 4.36. The lowest BCUT2D eigenvalue weighted by Gasteiger charge is -2.51. The maximum absolute atomic E-state index is 11.0. The second-order valence-corrected chi connectivity index (χ2v) is 7.42. The first-order valence-electron chi connectivity index (χ1n) is 5.67. The van der Waals surface area contributed by atoms with Gasteiger partial charge in [0.2, 0.25) is 0 Å². The molecule has 0 radical (unpaired) electrons. The van der Waals surface area contributed by atoms with Crippen LogP contribution in [0.3, 0.4) is 0 Å². The lowest BCUT2D eigenvalue weighted by atomic mass is 9.55. The topological polar surface area (TPSA) is 43.4 Å². The summed E-state index contributed by atoms with van der Waals surface area (Å²) in [6, 6.07) is 0. The molecule has 2 bridgehead atoms. The number of hydrogen-bond donors (Lipinski definition) is 0. The van der Waals surface area contributed by atoms with Crippen molar-refractivity contribution in [1.29, 1.82) is 0 Å². The zero-order valence-corrected chi connectivity index (χ0v) is 10.4. The van der Waals surface area contributed by atoms with Crippen LogP contribution in [0.5, 0.6) is 0 Å². The van der Waals surface area contributed by atoms with Crippen LogP contribution in [-0.2, 0) is 14.3 Å². The van der Waals surface area contributed by atoms with Crippen molar-refractivity contribution in [3.8, 4) is 0 Å². The molecule has 3 fully saturated rings. The van der Waals surface area contributed by atoms with Crippen molar-refractivity contribution >= 4 is 10.1 Å². The molecule has 0 heterocycles. The van der Waals surface area contributed by atoms with E-state index in [0.717, 1.165) is 25.5 Å². The Labute approximate surface area is 92.3 Å². The molecule has 0 atom stereocenters. The van der Waals surface area contributed by atoms with Crippen LogP contribution in [0.25, 0.3) is 0 Å². The van der Waals surface area contributed by atoms with E-state index in [1.807, 2.05) is 0 Å². The van der Waals surface area contributed by atoms with Gasteiger partial charge in [-0.05, 0) is 49.4 Å². The molecule has 88 valence electrons. The smallest absolute Gasteiger partial charge is 0.264 e. The fourth-order valence-electron chi connectivity index (χ4n) is 2.90. The summed E-state index contributed by atoms with van der Waals surface area (Å²) in [6.45, 7) is 2.76. The summed E-state index contributed by atoms with van der Waals surface area (Å²) in [5.41, 5.74) is 0.702. The van der Waals surface area contributed by atoms with Gasteiger partial charge in [0.05, 0.1) is 12.9 Å². The number of fused-ring (bicyclic) bond motifs is 3. The van der Waals surface area contributed by atoms with Gasteiger partial charge >= 0.3 is 0 Å². The molecule has 3 aliphatic carbocycles. The predicted octanol–water partition coefficient (Wildman–Crippen LogP) is 2.32. The van der Waals surface area contributed by atoms with Gasteiger partial charge in [-0.25, -0.2) is 0 Å². The van der Waals surface area contributed by atoms with Gasteiger partial charge < -0.3 is 0 Å². The van der Waals surface area contributed by atoms with Gasteiger partial charge in [0.15, 0.2) is 0 Å². The summed E-state index contributed by atoms with van der Waals surface area (Å²) in [4.78, 5) is 0. The molecule has 3 rings (SSSR count). The van der Waals surface area contributed by atoms with Crippen LogP contribution in [0.1, 0.15) is 45.4 Å². The zero-order chi connectivity index (χ0) is 11.2. The third-order valence-corrected chi connectivity index (χ3v) is 4.90. The SMILES string of the molecule is CC12CCC(COS(C)(=O)=O)(CC1)CC2. The molecule has 3 nitrogen and oxygen atoms in total. The standard InChI is InChI=1S/C11H20O3S/c1-10-3-6-11(7-4-10,8-5-10)9-14-15(2,12)13/h3-9H2,1-2H3. The lowest BCUT2D eigenvalue weighted by molar-refractivity contribution is -0.0247. The van der Waals surface area contributed by atoms with Crippen molar-refractivity contribution in [2.24, 2.45) is 10.8 Å². The summed E-state index contributed by atoms with van der Waals surface area (Å²) >= 11 is 0. The molecule has 3 saturated carbocycles. The number of hydrogen-bond acceptors (Lipinski definition) is 3. The highest BCUT2D eigenvalue weighted by Crippen LogP contribution is 2.56. The van der Waals surface area contributed by atoms with Gasteiger partial charge in [-0.15, -0.1) is 0 Å². The summed E-state index contributed by atoms with van der Waals surface area (Å²) in [5, 5.41) is 0. The van der Waals surface area contributed by atoms with Crippen LogP contribution < -0.4 is 0 Å². The minimum Gasteiger partial charge on any atom is -0.270 e. The highest BCUT2D eigenvalue weighted by atomic mass is 32.2. The molecular weight excluding hydrogens is 212 g/mol. The molecule has 0 unspecified atom stereocenters. The maximum Gasteiger partial charge on any atom is 0.264 e. The molecule has 0 aromatic heterocycles. The van der Waals surface area contributed by atoms with Crippen LogP contribution in [0.2, 0.25) is 0 Å².